The highest BCUT2D eigenvalue weighted by atomic mass is 35.5. The van der Waals surface area contributed by atoms with E-state index < -0.39 is 0 Å². The number of hydrogen-bond acceptors (Lipinski definition) is 7. The van der Waals surface area contributed by atoms with Gasteiger partial charge in [0.1, 0.15) is 17.5 Å². The molecule has 0 spiro atoms. The second-order valence-electron chi connectivity index (χ2n) is 8.70. The molecule has 11 heteroatoms. The van der Waals surface area contributed by atoms with Crippen LogP contribution >= 0.6 is 11.6 Å². The maximum atomic E-state index is 12.2. The quantitative estimate of drug-likeness (QED) is 0.247. The van der Waals surface area contributed by atoms with Gasteiger partial charge < -0.3 is 26.2 Å². The van der Waals surface area contributed by atoms with E-state index in [1.807, 2.05) is 43.3 Å². The number of aromatic nitrogens is 4. The maximum absolute atomic E-state index is 12.2. The lowest BCUT2D eigenvalue weighted by Gasteiger charge is -2.28. The Kier molecular flexibility index (Phi) is 7.48. The third-order valence-corrected chi connectivity index (χ3v) is 6.14. The van der Waals surface area contributed by atoms with Crippen LogP contribution in [0.15, 0.2) is 60.7 Å². The zero-order valence-electron chi connectivity index (χ0n) is 20.4. The number of rotatable bonds is 7. The third kappa shape index (κ3) is 6.54. The van der Waals surface area contributed by atoms with Crippen LogP contribution < -0.4 is 26.2 Å². The van der Waals surface area contributed by atoms with Gasteiger partial charge in [0.05, 0.1) is 5.69 Å². The molecule has 4 aromatic rings. The molecule has 0 saturated carbocycles. The number of nitrogens with one attached hydrogen (secondary N) is 5. The number of piperazine rings is 1. The fourth-order valence-electron chi connectivity index (χ4n) is 4.06. The van der Waals surface area contributed by atoms with Gasteiger partial charge in [-0.3, -0.25) is 5.10 Å². The van der Waals surface area contributed by atoms with Crippen molar-refractivity contribution in [3.63, 3.8) is 0 Å². The fourth-order valence-corrected chi connectivity index (χ4v) is 4.25. The predicted molar refractivity (Wildman–Crippen MR) is 146 cm³/mol. The topological polar surface area (TPSA) is 123 Å². The van der Waals surface area contributed by atoms with Crippen LogP contribution in [0.25, 0.3) is 11.3 Å². The molecular formula is C26H28ClN9O. The number of urea groups is 1. The molecule has 1 aliphatic rings. The number of aryl methyl sites for hydroxylation is 1. The van der Waals surface area contributed by atoms with E-state index in [-0.39, 0.29) is 6.03 Å². The van der Waals surface area contributed by atoms with Crippen LogP contribution in [0.1, 0.15) is 11.4 Å². The molecule has 10 nitrogen and oxygen atoms in total. The van der Waals surface area contributed by atoms with Crippen molar-refractivity contribution in [2.75, 3.05) is 41.7 Å². The summed E-state index contributed by atoms with van der Waals surface area (Å²) in [7, 11) is 0. The van der Waals surface area contributed by atoms with Crippen LogP contribution in [0.5, 0.6) is 0 Å². The Labute approximate surface area is 219 Å². The van der Waals surface area contributed by atoms with Crippen LogP contribution in [-0.2, 0) is 6.54 Å². The van der Waals surface area contributed by atoms with Gasteiger partial charge in [-0.15, -0.1) is 0 Å². The van der Waals surface area contributed by atoms with Gasteiger partial charge in [-0.2, -0.15) is 5.10 Å². The van der Waals surface area contributed by atoms with Gasteiger partial charge in [0.2, 0.25) is 0 Å². The first-order valence-electron chi connectivity index (χ1n) is 12.1. The van der Waals surface area contributed by atoms with Crippen LogP contribution in [-0.4, -0.2) is 52.4 Å². The highest BCUT2D eigenvalue weighted by Crippen LogP contribution is 2.24. The molecule has 0 aliphatic carbocycles. The van der Waals surface area contributed by atoms with E-state index in [1.165, 1.54) is 0 Å². The fraction of sp³-hybridized carbons (Fsp3) is 0.231. The maximum Gasteiger partial charge on any atom is 0.319 e. The Balaban J connectivity index is 1.18. The number of halogens is 1. The van der Waals surface area contributed by atoms with Gasteiger partial charge >= 0.3 is 6.03 Å². The minimum Gasteiger partial charge on any atom is -0.354 e. The Bertz CT molecular complexity index is 1370. The number of H-pyrrole nitrogens is 1. The van der Waals surface area contributed by atoms with Crippen molar-refractivity contribution in [1.82, 2.24) is 30.8 Å². The molecule has 3 heterocycles. The first-order valence-corrected chi connectivity index (χ1v) is 12.4. The normalized spacial score (nSPS) is 13.3. The summed E-state index contributed by atoms with van der Waals surface area (Å²) < 4.78 is 0. The summed E-state index contributed by atoms with van der Waals surface area (Å²) >= 11 is 5.96. The Morgan fingerprint density at radius 3 is 2.62 bits per heavy atom. The molecule has 5 rings (SSSR count). The number of hydrogen-bond donors (Lipinski definition) is 5. The van der Waals surface area contributed by atoms with Crippen molar-refractivity contribution in [3.05, 3.63) is 77.1 Å². The summed E-state index contributed by atoms with van der Waals surface area (Å²) in [5.74, 6) is 3.00. The molecule has 0 atom stereocenters. The lowest BCUT2D eigenvalue weighted by atomic mass is 10.1. The van der Waals surface area contributed by atoms with Crippen molar-refractivity contribution >= 4 is 40.8 Å². The summed E-state index contributed by atoms with van der Waals surface area (Å²) in [4.78, 5) is 23.5. The van der Waals surface area contributed by atoms with E-state index in [0.717, 1.165) is 48.8 Å². The molecule has 1 saturated heterocycles. The second-order valence-corrected chi connectivity index (χ2v) is 9.14. The van der Waals surface area contributed by atoms with Gasteiger partial charge in [-0.1, -0.05) is 41.9 Å². The molecule has 2 amide bonds. The van der Waals surface area contributed by atoms with Crippen molar-refractivity contribution in [2.24, 2.45) is 0 Å². The molecule has 190 valence electrons. The standard InChI is InChI=1S/C26H28ClN9O/c1-17-30-23(15-25(31-17)36-11-9-28-10-12-36)33-24-14-22(34-35-24)19-7-5-18(6-8-19)16-29-26(37)32-21-4-2-3-20(27)13-21/h2-8,13-15,28H,9-12,16H2,1H3,(H2,29,32,37)(H2,30,31,33,34,35). The summed E-state index contributed by atoms with van der Waals surface area (Å²) in [6, 6.07) is 18.5. The largest absolute Gasteiger partial charge is 0.354 e. The van der Waals surface area contributed by atoms with Gasteiger partial charge in [0.25, 0.3) is 0 Å². The smallest absolute Gasteiger partial charge is 0.319 e. The Morgan fingerprint density at radius 2 is 1.84 bits per heavy atom. The molecule has 0 unspecified atom stereocenters. The summed E-state index contributed by atoms with van der Waals surface area (Å²) in [5.41, 5.74) is 3.46. The van der Waals surface area contributed by atoms with Crippen molar-refractivity contribution in [1.29, 1.82) is 0 Å². The first-order chi connectivity index (χ1) is 18.0. The predicted octanol–water partition coefficient (Wildman–Crippen LogP) is 4.30. The number of benzene rings is 2. The molecule has 5 N–H and O–H groups in total. The zero-order chi connectivity index (χ0) is 25.6. The molecule has 0 radical (unpaired) electrons. The highest BCUT2D eigenvalue weighted by Gasteiger charge is 2.14. The number of nitrogens with zero attached hydrogens (tertiary/aromatic N) is 4. The summed E-state index contributed by atoms with van der Waals surface area (Å²) in [6.45, 7) is 6.01. The van der Waals surface area contributed by atoms with E-state index in [9.17, 15) is 4.79 Å². The summed E-state index contributed by atoms with van der Waals surface area (Å²) in [6.07, 6.45) is 0. The molecule has 1 fully saturated rings. The van der Waals surface area contributed by atoms with Crippen LogP contribution in [0.2, 0.25) is 5.02 Å². The number of anilines is 4. The Hall–Kier alpha value is -4.15. The molecular weight excluding hydrogens is 490 g/mol. The van der Waals surface area contributed by atoms with Crippen molar-refractivity contribution < 1.29 is 4.79 Å². The minimum atomic E-state index is -0.296. The summed E-state index contributed by atoms with van der Waals surface area (Å²) in [5, 5.41) is 20.3. The van der Waals surface area contributed by atoms with Crippen molar-refractivity contribution in [3.8, 4) is 11.3 Å². The van der Waals surface area contributed by atoms with Crippen LogP contribution in [0.3, 0.4) is 0 Å². The monoisotopic (exact) mass is 517 g/mol. The number of amides is 2. The minimum absolute atomic E-state index is 0.296. The van der Waals surface area contributed by atoms with Crippen molar-refractivity contribution in [2.45, 2.75) is 13.5 Å². The van der Waals surface area contributed by atoms with Gasteiger partial charge in [-0.25, -0.2) is 14.8 Å². The van der Waals surface area contributed by atoms with Gasteiger partial charge in [0, 0.05) is 55.6 Å². The third-order valence-electron chi connectivity index (χ3n) is 5.90. The molecule has 2 aromatic carbocycles. The number of aromatic amines is 1. The van der Waals surface area contributed by atoms with E-state index in [1.54, 1.807) is 24.3 Å². The molecule has 0 bridgehead atoms. The Morgan fingerprint density at radius 1 is 1.03 bits per heavy atom. The van der Waals surface area contributed by atoms with Crippen LogP contribution in [0, 0.1) is 6.92 Å². The van der Waals surface area contributed by atoms with Crippen LogP contribution in [0.4, 0.5) is 27.9 Å². The molecule has 37 heavy (non-hydrogen) atoms. The van der Waals surface area contributed by atoms with E-state index in [0.29, 0.717) is 34.7 Å². The second kappa shape index (κ2) is 11.3. The highest BCUT2D eigenvalue weighted by molar-refractivity contribution is 6.30. The number of carbonyl (C=O) groups excluding carboxylic acids is 1. The van der Waals surface area contributed by atoms with E-state index >= 15 is 0 Å². The SMILES string of the molecule is Cc1nc(Nc2cc(-c3ccc(CNC(=O)Nc4cccc(Cl)c4)cc3)[nH]n2)cc(N2CCNCC2)n1. The lowest BCUT2D eigenvalue weighted by Crippen LogP contribution is -2.44. The van der Waals surface area contributed by atoms with E-state index in [2.05, 4.69) is 46.3 Å². The first kappa shape index (κ1) is 24.5. The number of carbonyl (C=O) groups is 1. The van der Waals surface area contributed by atoms with Gasteiger partial charge in [0.15, 0.2) is 5.82 Å². The zero-order valence-corrected chi connectivity index (χ0v) is 21.1. The van der Waals surface area contributed by atoms with Gasteiger partial charge in [-0.05, 0) is 36.2 Å². The van der Waals surface area contributed by atoms with E-state index in [4.69, 9.17) is 11.6 Å². The molecule has 1 aliphatic heterocycles. The lowest BCUT2D eigenvalue weighted by molar-refractivity contribution is 0.251. The molecule has 2 aromatic heterocycles. The average molecular weight is 518 g/mol. The average Bonchev–Trinajstić information content (AvgIpc) is 3.36.